The van der Waals surface area contributed by atoms with Crippen LogP contribution in [0.25, 0.3) is 28.0 Å². The predicted octanol–water partition coefficient (Wildman–Crippen LogP) is 9.61. The van der Waals surface area contributed by atoms with E-state index in [4.69, 9.17) is 51.1 Å². The standard InChI is InChI=1S/C27H16Cl4F3N3O/c1-14-25-20(27(32,33)34)12-24(35-26(25)37(36-14)18-6-9-21(29)23(31)11-18)15-3-7-19(8-4-15)38-13-16-2-5-17(28)10-22(16)30/h2-12H,13H2,1H3. The summed E-state index contributed by atoms with van der Waals surface area (Å²) in [5, 5.41) is 5.79. The summed E-state index contributed by atoms with van der Waals surface area (Å²) in [6.07, 6.45) is -4.63. The van der Waals surface area contributed by atoms with Crippen molar-refractivity contribution in [2.24, 2.45) is 0 Å². The molecular formula is C27H16Cl4F3N3O. The highest BCUT2D eigenvalue weighted by molar-refractivity contribution is 6.42. The molecule has 5 rings (SSSR count). The van der Waals surface area contributed by atoms with Crippen LogP contribution in [0.2, 0.25) is 20.1 Å². The fraction of sp³-hybridized carbons (Fsp3) is 0.111. The average molecular weight is 597 g/mol. The molecule has 0 bridgehead atoms. The smallest absolute Gasteiger partial charge is 0.417 e. The largest absolute Gasteiger partial charge is 0.489 e. The van der Waals surface area contributed by atoms with Gasteiger partial charge in [0.1, 0.15) is 12.4 Å². The number of hydrogen-bond acceptors (Lipinski definition) is 3. The summed E-state index contributed by atoms with van der Waals surface area (Å²) in [7, 11) is 0. The summed E-state index contributed by atoms with van der Waals surface area (Å²) in [6.45, 7) is 1.70. The summed E-state index contributed by atoms with van der Waals surface area (Å²) < 4.78 is 49.6. The zero-order valence-corrected chi connectivity index (χ0v) is 22.5. The Morgan fingerprint density at radius 2 is 1.58 bits per heavy atom. The van der Waals surface area contributed by atoms with E-state index in [9.17, 15) is 13.2 Å². The van der Waals surface area contributed by atoms with Crippen LogP contribution in [0.5, 0.6) is 5.75 Å². The van der Waals surface area contributed by atoms with E-state index in [-0.39, 0.29) is 34.1 Å². The van der Waals surface area contributed by atoms with Gasteiger partial charge in [-0.3, -0.25) is 0 Å². The van der Waals surface area contributed by atoms with Gasteiger partial charge >= 0.3 is 6.18 Å². The second-order valence-electron chi connectivity index (χ2n) is 8.40. The van der Waals surface area contributed by atoms with Crippen molar-refractivity contribution >= 4 is 57.4 Å². The Kier molecular flexibility index (Phi) is 7.22. The third-order valence-corrected chi connectivity index (χ3v) is 7.15. The number of aromatic nitrogens is 3. The molecule has 0 radical (unpaired) electrons. The molecule has 3 aromatic carbocycles. The second kappa shape index (κ2) is 10.3. The molecule has 194 valence electrons. The first-order chi connectivity index (χ1) is 18.0. The number of nitrogens with zero attached hydrogens (tertiary/aromatic N) is 3. The highest BCUT2D eigenvalue weighted by atomic mass is 35.5. The highest BCUT2D eigenvalue weighted by Crippen LogP contribution is 2.39. The molecule has 0 aliphatic heterocycles. The number of benzene rings is 3. The van der Waals surface area contributed by atoms with E-state index in [0.29, 0.717) is 32.1 Å². The maximum atomic E-state index is 14.2. The second-order valence-corrected chi connectivity index (χ2v) is 10.1. The van der Waals surface area contributed by atoms with Crippen molar-refractivity contribution in [3.63, 3.8) is 0 Å². The topological polar surface area (TPSA) is 39.9 Å². The fourth-order valence-corrected chi connectivity index (χ4v) is 4.73. The molecule has 4 nitrogen and oxygen atoms in total. The number of alkyl halides is 3. The Labute approximate surface area is 235 Å². The van der Waals surface area contributed by atoms with Gasteiger partial charge in [0.15, 0.2) is 5.65 Å². The monoisotopic (exact) mass is 595 g/mol. The van der Waals surface area contributed by atoms with Gasteiger partial charge in [0.25, 0.3) is 0 Å². The van der Waals surface area contributed by atoms with E-state index in [2.05, 4.69) is 10.1 Å². The van der Waals surface area contributed by atoms with E-state index in [1.807, 2.05) is 0 Å². The van der Waals surface area contributed by atoms with Crippen molar-refractivity contribution in [1.82, 2.24) is 14.8 Å². The number of rotatable bonds is 5. The summed E-state index contributed by atoms with van der Waals surface area (Å²) >= 11 is 24.3. The minimum Gasteiger partial charge on any atom is -0.489 e. The average Bonchev–Trinajstić information content (AvgIpc) is 3.20. The first kappa shape index (κ1) is 26.6. The van der Waals surface area contributed by atoms with E-state index in [1.54, 1.807) is 54.6 Å². The Balaban J connectivity index is 1.54. The Hall–Kier alpha value is -2.97. The van der Waals surface area contributed by atoms with Crippen molar-refractivity contribution < 1.29 is 17.9 Å². The van der Waals surface area contributed by atoms with Crippen LogP contribution in [0.4, 0.5) is 13.2 Å². The SMILES string of the molecule is Cc1nn(-c2ccc(Cl)c(Cl)c2)c2nc(-c3ccc(OCc4ccc(Cl)cc4Cl)cc3)cc(C(F)(F)F)c12. The van der Waals surface area contributed by atoms with E-state index in [0.717, 1.165) is 11.6 Å². The van der Waals surface area contributed by atoms with E-state index < -0.39 is 11.7 Å². The fourth-order valence-electron chi connectivity index (χ4n) is 3.98. The van der Waals surface area contributed by atoms with Gasteiger partial charge in [0.05, 0.1) is 38.1 Å². The molecule has 0 aliphatic rings. The molecule has 2 aromatic heterocycles. The number of fused-ring (bicyclic) bond motifs is 1. The summed E-state index contributed by atoms with van der Waals surface area (Å²) in [4.78, 5) is 4.57. The number of aryl methyl sites for hydroxylation is 1. The molecule has 0 spiro atoms. The van der Waals surface area contributed by atoms with Crippen LogP contribution in [0, 0.1) is 6.92 Å². The predicted molar refractivity (Wildman–Crippen MR) is 145 cm³/mol. The minimum atomic E-state index is -4.63. The van der Waals surface area contributed by atoms with Gasteiger partial charge in [0.2, 0.25) is 0 Å². The molecule has 2 heterocycles. The molecule has 38 heavy (non-hydrogen) atoms. The first-order valence-corrected chi connectivity index (χ1v) is 12.6. The van der Waals surface area contributed by atoms with Crippen LogP contribution in [-0.2, 0) is 12.8 Å². The molecule has 11 heteroatoms. The summed E-state index contributed by atoms with van der Waals surface area (Å²) in [5.74, 6) is 0.508. The molecule has 0 aliphatic carbocycles. The van der Waals surface area contributed by atoms with Gasteiger partial charge in [-0.2, -0.15) is 18.3 Å². The first-order valence-electron chi connectivity index (χ1n) is 11.1. The molecule has 0 fully saturated rings. The van der Waals surface area contributed by atoms with Gasteiger partial charge in [-0.1, -0.05) is 52.5 Å². The lowest BCUT2D eigenvalue weighted by Crippen LogP contribution is -2.08. The van der Waals surface area contributed by atoms with E-state index in [1.165, 1.54) is 17.7 Å². The molecule has 0 unspecified atom stereocenters. The van der Waals surface area contributed by atoms with E-state index >= 15 is 0 Å². The van der Waals surface area contributed by atoms with Crippen molar-refractivity contribution in [3.05, 3.63) is 104 Å². The molecule has 0 N–H and O–H groups in total. The van der Waals surface area contributed by atoms with Crippen molar-refractivity contribution in [1.29, 1.82) is 0 Å². The zero-order chi connectivity index (χ0) is 27.2. The van der Waals surface area contributed by atoms with Crippen LogP contribution < -0.4 is 4.74 Å². The van der Waals surface area contributed by atoms with Crippen LogP contribution >= 0.6 is 46.4 Å². The van der Waals surface area contributed by atoms with Gasteiger partial charge in [-0.25, -0.2) is 9.67 Å². The molecular weight excluding hydrogens is 581 g/mol. The summed E-state index contributed by atoms with van der Waals surface area (Å²) in [5.41, 5.74) is 1.16. The third kappa shape index (κ3) is 5.29. The molecule has 0 saturated carbocycles. The van der Waals surface area contributed by atoms with Crippen molar-refractivity contribution in [2.45, 2.75) is 19.7 Å². The van der Waals surface area contributed by atoms with Gasteiger partial charge in [-0.15, -0.1) is 0 Å². The molecule has 0 amide bonds. The van der Waals surface area contributed by atoms with Crippen LogP contribution in [-0.4, -0.2) is 14.8 Å². The third-order valence-electron chi connectivity index (χ3n) is 5.83. The molecule has 5 aromatic rings. The van der Waals surface area contributed by atoms with Crippen LogP contribution in [0.15, 0.2) is 66.7 Å². The number of hydrogen-bond donors (Lipinski definition) is 0. The Morgan fingerprint density at radius 1 is 0.842 bits per heavy atom. The van der Waals surface area contributed by atoms with Crippen molar-refractivity contribution in [2.75, 3.05) is 0 Å². The highest BCUT2D eigenvalue weighted by Gasteiger charge is 2.36. The quantitative estimate of drug-likeness (QED) is 0.203. The minimum absolute atomic E-state index is 0.0448. The Morgan fingerprint density at radius 3 is 2.24 bits per heavy atom. The lowest BCUT2D eigenvalue weighted by atomic mass is 10.0. The number of ether oxygens (including phenoxy) is 1. The maximum absolute atomic E-state index is 14.2. The van der Waals surface area contributed by atoms with Crippen LogP contribution in [0.1, 0.15) is 16.8 Å². The lowest BCUT2D eigenvalue weighted by molar-refractivity contribution is -0.136. The number of halogens is 7. The number of pyridine rings is 1. The Bertz CT molecular complexity index is 1670. The molecule has 0 atom stereocenters. The summed E-state index contributed by atoms with van der Waals surface area (Å²) in [6, 6.07) is 17.4. The van der Waals surface area contributed by atoms with Crippen molar-refractivity contribution in [3.8, 4) is 22.7 Å². The van der Waals surface area contributed by atoms with Gasteiger partial charge < -0.3 is 4.74 Å². The van der Waals surface area contributed by atoms with Gasteiger partial charge in [-0.05, 0) is 67.6 Å². The normalized spacial score (nSPS) is 11.8. The zero-order valence-electron chi connectivity index (χ0n) is 19.5. The van der Waals surface area contributed by atoms with Crippen LogP contribution in [0.3, 0.4) is 0 Å². The molecule has 0 saturated heterocycles. The van der Waals surface area contributed by atoms with Gasteiger partial charge in [0, 0.05) is 21.2 Å². The lowest BCUT2D eigenvalue weighted by Gasteiger charge is -2.13. The maximum Gasteiger partial charge on any atom is 0.417 e.